The van der Waals surface area contributed by atoms with E-state index < -0.39 is 0 Å². The molecule has 1 aliphatic rings. The summed E-state index contributed by atoms with van der Waals surface area (Å²) in [5, 5.41) is 1.75. The van der Waals surface area contributed by atoms with E-state index in [4.69, 9.17) is 16.3 Å². The van der Waals surface area contributed by atoms with Gasteiger partial charge in [0.1, 0.15) is 5.15 Å². The Balaban J connectivity index is 1.88. The fourth-order valence-electron chi connectivity index (χ4n) is 2.25. The minimum Gasteiger partial charge on any atom is -0.379 e. The molecule has 94 valence electrons. The van der Waals surface area contributed by atoms with E-state index >= 15 is 0 Å². The summed E-state index contributed by atoms with van der Waals surface area (Å²) in [5.41, 5.74) is 2.05. The molecule has 18 heavy (non-hydrogen) atoms. The summed E-state index contributed by atoms with van der Waals surface area (Å²) in [5.74, 6) is 0. The van der Waals surface area contributed by atoms with Gasteiger partial charge in [0.05, 0.1) is 18.7 Å². The van der Waals surface area contributed by atoms with E-state index in [-0.39, 0.29) is 0 Å². The molecule has 0 spiro atoms. The van der Waals surface area contributed by atoms with Crippen LogP contribution in [0.1, 0.15) is 5.56 Å². The first kappa shape index (κ1) is 11.9. The van der Waals surface area contributed by atoms with Crippen LogP contribution in [0.3, 0.4) is 0 Å². The van der Waals surface area contributed by atoms with Crippen molar-refractivity contribution in [2.24, 2.45) is 0 Å². The van der Waals surface area contributed by atoms with Gasteiger partial charge in [-0.15, -0.1) is 0 Å². The van der Waals surface area contributed by atoms with E-state index in [0.29, 0.717) is 5.15 Å². The molecular weight excluding hydrogens is 248 g/mol. The molecule has 0 unspecified atom stereocenters. The summed E-state index contributed by atoms with van der Waals surface area (Å²) in [6.45, 7) is 4.38. The Morgan fingerprint density at radius 2 is 2.00 bits per heavy atom. The number of morpholine rings is 1. The minimum absolute atomic E-state index is 0.611. The van der Waals surface area contributed by atoms with Gasteiger partial charge in [0.15, 0.2) is 0 Å². The maximum Gasteiger partial charge on any atom is 0.134 e. The third-order valence-electron chi connectivity index (χ3n) is 3.25. The van der Waals surface area contributed by atoms with Gasteiger partial charge in [-0.25, -0.2) is 4.98 Å². The molecule has 1 saturated heterocycles. The van der Waals surface area contributed by atoms with E-state index in [0.717, 1.165) is 49.3 Å². The predicted octanol–water partition coefficient (Wildman–Crippen LogP) is 2.72. The number of hydrogen-bond donors (Lipinski definition) is 0. The third-order valence-corrected chi connectivity index (χ3v) is 3.57. The van der Waals surface area contributed by atoms with Gasteiger partial charge in [0.25, 0.3) is 0 Å². The summed E-state index contributed by atoms with van der Waals surface area (Å²) in [6, 6.07) is 10.2. The van der Waals surface area contributed by atoms with Crippen molar-refractivity contribution < 1.29 is 4.74 Å². The molecule has 1 aliphatic heterocycles. The lowest BCUT2D eigenvalue weighted by Crippen LogP contribution is -2.35. The summed E-state index contributed by atoms with van der Waals surface area (Å²) in [4.78, 5) is 6.80. The maximum atomic E-state index is 6.25. The van der Waals surface area contributed by atoms with Crippen LogP contribution in [-0.4, -0.2) is 36.2 Å². The molecule has 1 aromatic carbocycles. The number of halogens is 1. The Morgan fingerprint density at radius 1 is 1.22 bits per heavy atom. The number of pyridine rings is 1. The fourth-order valence-corrected chi connectivity index (χ4v) is 2.45. The van der Waals surface area contributed by atoms with E-state index in [2.05, 4.69) is 22.0 Å². The van der Waals surface area contributed by atoms with Crippen molar-refractivity contribution in [3.05, 3.63) is 41.0 Å². The van der Waals surface area contributed by atoms with Gasteiger partial charge in [-0.1, -0.05) is 29.8 Å². The summed E-state index contributed by atoms with van der Waals surface area (Å²) >= 11 is 6.25. The summed E-state index contributed by atoms with van der Waals surface area (Å²) < 4.78 is 5.35. The largest absolute Gasteiger partial charge is 0.379 e. The van der Waals surface area contributed by atoms with Crippen LogP contribution < -0.4 is 0 Å². The monoisotopic (exact) mass is 262 g/mol. The van der Waals surface area contributed by atoms with Crippen LogP contribution in [0.4, 0.5) is 0 Å². The first-order valence-electron chi connectivity index (χ1n) is 6.17. The second-order valence-electron chi connectivity index (χ2n) is 4.52. The lowest BCUT2D eigenvalue weighted by atomic mass is 10.1. The highest BCUT2D eigenvalue weighted by molar-refractivity contribution is 6.30. The van der Waals surface area contributed by atoms with E-state index in [9.17, 15) is 0 Å². The molecule has 0 N–H and O–H groups in total. The molecule has 2 heterocycles. The highest BCUT2D eigenvalue weighted by atomic mass is 35.5. The third kappa shape index (κ3) is 2.48. The molecule has 3 nitrogen and oxygen atoms in total. The van der Waals surface area contributed by atoms with E-state index in [1.54, 1.807) is 0 Å². The average Bonchev–Trinajstić information content (AvgIpc) is 2.41. The van der Waals surface area contributed by atoms with Gasteiger partial charge >= 0.3 is 0 Å². The first-order chi connectivity index (χ1) is 8.83. The topological polar surface area (TPSA) is 25.4 Å². The van der Waals surface area contributed by atoms with Gasteiger partial charge in [0.2, 0.25) is 0 Å². The average molecular weight is 263 g/mol. The molecule has 1 fully saturated rings. The second kappa shape index (κ2) is 5.22. The van der Waals surface area contributed by atoms with Gasteiger partial charge < -0.3 is 4.74 Å². The van der Waals surface area contributed by atoms with E-state index in [1.807, 2.05) is 18.2 Å². The number of para-hydroxylation sites is 1. The molecule has 0 amide bonds. The number of benzene rings is 1. The highest BCUT2D eigenvalue weighted by Gasteiger charge is 2.13. The highest BCUT2D eigenvalue weighted by Crippen LogP contribution is 2.22. The Bertz CT molecular complexity index is 552. The van der Waals surface area contributed by atoms with Crippen molar-refractivity contribution in [1.29, 1.82) is 0 Å². The van der Waals surface area contributed by atoms with Gasteiger partial charge in [-0.3, -0.25) is 4.90 Å². The molecule has 3 rings (SSSR count). The van der Waals surface area contributed by atoms with Crippen LogP contribution in [0.5, 0.6) is 0 Å². The number of aromatic nitrogens is 1. The van der Waals surface area contributed by atoms with Crippen LogP contribution >= 0.6 is 11.6 Å². The van der Waals surface area contributed by atoms with Crippen LogP contribution in [0.2, 0.25) is 5.15 Å². The van der Waals surface area contributed by atoms with Crippen molar-refractivity contribution in [3.63, 3.8) is 0 Å². The van der Waals surface area contributed by atoms with E-state index in [1.165, 1.54) is 0 Å². The molecule has 4 heteroatoms. The Kier molecular flexibility index (Phi) is 3.46. The molecule has 0 bridgehead atoms. The Labute approximate surface area is 111 Å². The predicted molar refractivity (Wildman–Crippen MR) is 72.8 cm³/mol. The number of hydrogen-bond acceptors (Lipinski definition) is 3. The maximum absolute atomic E-state index is 6.25. The van der Waals surface area contributed by atoms with Crippen LogP contribution in [0.15, 0.2) is 30.3 Å². The number of ether oxygens (including phenoxy) is 1. The number of rotatable bonds is 2. The van der Waals surface area contributed by atoms with Gasteiger partial charge in [0, 0.05) is 30.6 Å². The normalized spacial score (nSPS) is 17.2. The lowest BCUT2D eigenvalue weighted by molar-refractivity contribution is 0.0342. The summed E-state index contributed by atoms with van der Waals surface area (Å²) in [6.07, 6.45) is 0. The lowest BCUT2D eigenvalue weighted by Gasteiger charge is -2.26. The van der Waals surface area contributed by atoms with Crippen molar-refractivity contribution in [1.82, 2.24) is 9.88 Å². The number of fused-ring (bicyclic) bond motifs is 1. The van der Waals surface area contributed by atoms with Crippen molar-refractivity contribution >= 4 is 22.5 Å². The standard InChI is InChI=1S/C14H15ClN2O/c15-14-12(10-17-5-7-18-8-6-17)9-11-3-1-2-4-13(11)16-14/h1-4,9H,5-8,10H2. The molecular formula is C14H15ClN2O. The first-order valence-corrected chi connectivity index (χ1v) is 6.55. The zero-order valence-corrected chi connectivity index (χ0v) is 10.9. The Morgan fingerprint density at radius 3 is 2.83 bits per heavy atom. The Hall–Kier alpha value is -1.16. The molecule has 2 aromatic rings. The van der Waals surface area contributed by atoms with Crippen LogP contribution in [-0.2, 0) is 11.3 Å². The molecule has 1 aromatic heterocycles. The quantitative estimate of drug-likeness (QED) is 0.778. The van der Waals surface area contributed by atoms with Crippen molar-refractivity contribution in [2.45, 2.75) is 6.54 Å². The van der Waals surface area contributed by atoms with Crippen molar-refractivity contribution in [2.75, 3.05) is 26.3 Å². The van der Waals surface area contributed by atoms with Crippen LogP contribution in [0, 0.1) is 0 Å². The van der Waals surface area contributed by atoms with Gasteiger partial charge in [-0.2, -0.15) is 0 Å². The summed E-state index contributed by atoms with van der Waals surface area (Å²) in [7, 11) is 0. The zero-order valence-electron chi connectivity index (χ0n) is 10.1. The van der Waals surface area contributed by atoms with Crippen LogP contribution in [0.25, 0.3) is 10.9 Å². The molecule has 0 aliphatic carbocycles. The molecule has 0 atom stereocenters. The molecule has 0 radical (unpaired) electrons. The van der Waals surface area contributed by atoms with Crippen molar-refractivity contribution in [3.8, 4) is 0 Å². The van der Waals surface area contributed by atoms with Gasteiger partial charge in [-0.05, 0) is 12.1 Å². The fraction of sp³-hybridized carbons (Fsp3) is 0.357. The molecule has 0 saturated carbocycles. The zero-order chi connectivity index (χ0) is 12.4. The SMILES string of the molecule is Clc1nc2ccccc2cc1CN1CCOCC1. The smallest absolute Gasteiger partial charge is 0.134 e. The second-order valence-corrected chi connectivity index (χ2v) is 4.88. The minimum atomic E-state index is 0.611. The number of nitrogens with zero attached hydrogens (tertiary/aromatic N) is 2.